The zero-order valence-corrected chi connectivity index (χ0v) is 13.1. The maximum atomic E-state index is 11.8. The number of hydrogen-bond acceptors (Lipinski definition) is 5. The number of nitrogens with one attached hydrogen (secondary N) is 2. The van der Waals surface area contributed by atoms with Gasteiger partial charge in [-0.2, -0.15) is 11.8 Å². The SMILES string of the molecule is Cc1nc(C)c(CCNC(=O)CC2CSCCN2)s1. The molecule has 1 amide bonds. The van der Waals surface area contributed by atoms with Crippen molar-refractivity contribution in [1.82, 2.24) is 15.6 Å². The predicted molar refractivity (Wildman–Crippen MR) is 82.0 cm³/mol. The third-order valence-corrected chi connectivity index (χ3v) is 5.37. The number of nitrogens with zero attached hydrogens (tertiary/aromatic N) is 1. The Hall–Kier alpha value is -0.590. The van der Waals surface area contributed by atoms with E-state index in [-0.39, 0.29) is 5.91 Å². The number of carbonyl (C=O) groups is 1. The van der Waals surface area contributed by atoms with E-state index in [0.717, 1.165) is 35.2 Å². The highest BCUT2D eigenvalue weighted by molar-refractivity contribution is 7.99. The second-order valence-electron chi connectivity index (χ2n) is 4.77. The van der Waals surface area contributed by atoms with Crippen LogP contribution in [0.1, 0.15) is 22.0 Å². The summed E-state index contributed by atoms with van der Waals surface area (Å²) in [6.07, 6.45) is 1.48. The van der Waals surface area contributed by atoms with Gasteiger partial charge >= 0.3 is 0 Å². The topological polar surface area (TPSA) is 54.0 Å². The van der Waals surface area contributed by atoms with Crippen molar-refractivity contribution in [3.05, 3.63) is 15.6 Å². The molecule has 2 N–H and O–H groups in total. The Bertz CT molecular complexity index is 428. The molecule has 1 aliphatic heterocycles. The van der Waals surface area contributed by atoms with E-state index in [9.17, 15) is 4.79 Å². The van der Waals surface area contributed by atoms with Gasteiger partial charge in [0.2, 0.25) is 5.91 Å². The molecule has 1 fully saturated rings. The molecule has 0 aromatic carbocycles. The number of aryl methyl sites for hydroxylation is 2. The van der Waals surface area contributed by atoms with E-state index in [2.05, 4.69) is 15.6 Å². The van der Waals surface area contributed by atoms with Crippen molar-refractivity contribution in [2.75, 3.05) is 24.6 Å². The van der Waals surface area contributed by atoms with Crippen molar-refractivity contribution < 1.29 is 4.79 Å². The Kier molecular flexibility index (Phi) is 5.66. The van der Waals surface area contributed by atoms with Crippen LogP contribution in [-0.4, -0.2) is 41.5 Å². The van der Waals surface area contributed by atoms with Gasteiger partial charge in [-0.25, -0.2) is 4.98 Å². The summed E-state index contributed by atoms with van der Waals surface area (Å²) < 4.78 is 0. The molecule has 19 heavy (non-hydrogen) atoms. The molecule has 106 valence electrons. The van der Waals surface area contributed by atoms with Gasteiger partial charge in [-0.05, 0) is 13.8 Å². The van der Waals surface area contributed by atoms with Crippen molar-refractivity contribution >= 4 is 29.0 Å². The summed E-state index contributed by atoms with van der Waals surface area (Å²) in [7, 11) is 0. The quantitative estimate of drug-likeness (QED) is 0.865. The van der Waals surface area contributed by atoms with Crippen LogP contribution in [0, 0.1) is 13.8 Å². The van der Waals surface area contributed by atoms with E-state index in [1.165, 1.54) is 4.88 Å². The highest BCUT2D eigenvalue weighted by Gasteiger charge is 2.16. The molecule has 0 spiro atoms. The number of rotatable bonds is 5. The van der Waals surface area contributed by atoms with Gasteiger partial charge in [0.25, 0.3) is 0 Å². The molecule has 0 saturated carbocycles. The van der Waals surface area contributed by atoms with E-state index < -0.39 is 0 Å². The average Bonchev–Trinajstić information content (AvgIpc) is 2.69. The number of thioether (sulfide) groups is 1. The number of amides is 1. The van der Waals surface area contributed by atoms with Crippen molar-refractivity contribution in [1.29, 1.82) is 0 Å². The monoisotopic (exact) mass is 299 g/mol. The summed E-state index contributed by atoms with van der Waals surface area (Å²) >= 11 is 3.64. The highest BCUT2D eigenvalue weighted by atomic mass is 32.2. The summed E-state index contributed by atoms with van der Waals surface area (Å²) in [6, 6.07) is 0.339. The molecule has 1 aliphatic rings. The average molecular weight is 299 g/mol. The minimum atomic E-state index is 0.152. The van der Waals surface area contributed by atoms with Gasteiger partial charge < -0.3 is 10.6 Å². The van der Waals surface area contributed by atoms with Crippen LogP contribution in [-0.2, 0) is 11.2 Å². The van der Waals surface area contributed by atoms with Crippen LogP contribution in [0.5, 0.6) is 0 Å². The second-order valence-corrected chi connectivity index (χ2v) is 7.21. The van der Waals surface area contributed by atoms with Gasteiger partial charge in [0.05, 0.1) is 10.7 Å². The summed E-state index contributed by atoms with van der Waals surface area (Å²) in [6.45, 7) is 5.78. The molecule has 1 saturated heterocycles. The molecule has 0 radical (unpaired) electrons. The minimum absolute atomic E-state index is 0.152. The molecule has 0 bridgehead atoms. The van der Waals surface area contributed by atoms with E-state index in [1.54, 1.807) is 11.3 Å². The summed E-state index contributed by atoms with van der Waals surface area (Å²) in [5, 5.41) is 7.49. The first-order valence-electron chi connectivity index (χ1n) is 6.66. The van der Waals surface area contributed by atoms with Gasteiger partial charge in [-0.15, -0.1) is 11.3 Å². The van der Waals surface area contributed by atoms with Crippen LogP contribution < -0.4 is 10.6 Å². The highest BCUT2D eigenvalue weighted by Crippen LogP contribution is 2.17. The molecule has 1 aromatic heterocycles. The number of thiazole rings is 1. The Balaban J connectivity index is 1.67. The lowest BCUT2D eigenvalue weighted by atomic mass is 10.2. The van der Waals surface area contributed by atoms with Gasteiger partial charge in [-0.1, -0.05) is 0 Å². The predicted octanol–water partition coefficient (Wildman–Crippen LogP) is 1.51. The van der Waals surface area contributed by atoms with E-state index >= 15 is 0 Å². The third kappa shape index (κ3) is 4.78. The largest absolute Gasteiger partial charge is 0.356 e. The van der Waals surface area contributed by atoms with Crippen LogP contribution in [0.4, 0.5) is 0 Å². The Labute approximate surface area is 122 Å². The lowest BCUT2D eigenvalue weighted by molar-refractivity contribution is -0.121. The van der Waals surface area contributed by atoms with E-state index in [1.807, 2.05) is 25.6 Å². The first kappa shape index (κ1) is 14.8. The molecule has 1 atom stereocenters. The zero-order chi connectivity index (χ0) is 13.7. The number of aromatic nitrogens is 1. The molecular weight excluding hydrogens is 278 g/mol. The molecule has 4 nitrogen and oxygen atoms in total. The Morgan fingerprint density at radius 2 is 2.37 bits per heavy atom. The van der Waals surface area contributed by atoms with Crippen LogP contribution in [0.25, 0.3) is 0 Å². The van der Waals surface area contributed by atoms with Crippen LogP contribution in [0.2, 0.25) is 0 Å². The maximum Gasteiger partial charge on any atom is 0.221 e. The van der Waals surface area contributed by atoms with Crippen LogP contribution >= 0.6 is 23.1 Å². The van der Waals surface area contributed by atoms with Gasteiger partial charge in [0.1, 0.15) is 0 Å². The van der Waals surface area contributed by atoms with Gasteiger partial charge in [0, 0.05) is 48.4 Å². The molecule has 6 heteroatoms. The fourth-order valence-electron chi connectivity index (χ4n) is 2.17. The Morgan fingerprint density at radius 3 is 3.00 bits per heavy atom. The summed E-state index contributed by atoms with van der Waals surface area (Å²) in [5.41, 5.74) is 1.10. The molecular formula is C13H21N3OS2. The van der Waals surface area contributed by atoms with Crippen molar-refractivity contribution in [2.45, 2.75) is 32.7 Å². The lowest BCUT2D eigenvalue weighted by Gasteiger charge is -2.22. The molecule has 2 rings (SSSR count). The van der Waals surface area contributed by atoms with Crippen LogP contribution in [0.3, 0.4) is 0 Å². The first-order chi connectivity index (χ1) is 9.15. The fourth-order valence-corrected chi connectivity index (χ4v) is 4.05. The van der Waals surface area contributed by atoms with Crippen molar-refractivity contribution in [3.63, 3.8) is 0 Å². The molecule has 2 heterocycles. The van der Waals surface area contributed by atoms with Crippen LogP contribution in [0.15, 0.2) is 0 Å². The molecule has 0 aliphatic carbocycles. The normalized spacial score (nSPS) is 19.4. The number of carbonyl (C=O) groups excluding carboxylic acids is 1. The maximum absolute atomic E-state index is 11.8. The van der Waals surface area contributed by atoms with E-state index in [4.69, 9.17) is 0 Å². The van der Waals surface area contributed by atoms with Gasteiger partial charge in [-0.3, -0.25) is 4.79 Å². The second kappa shape index (κ2) is 7.26. The van der Waals surface area contributed by atoms with E-state index in [0.29, 0.717) is 19.0 Å². The number of hydrogen-bond donors (Lipinski definition) is 2. The molecule has 1 aromatic rings. The lowest BCUT2D eigenvalue weighted by Crippen LogP contribution is -2.41. The summed E-state index contributed by atoms with van der Waals surface area (Å²) in [5.74, 6) is 2.35. The van der Waals surface area contributed by atoms with Crippen molar-refractivity contribution in [2.24, 2.45) is 0 Å². The zero-order valence-electron chi connectivity index (χ0n) is 11.5. The first-order valence-corrected chi connectivity index (χ1v) is 8.63. The van der Waals surface area contributed by atoms with Crippen molar-refractivity contribution in [3.8, 4) is 0 Å². The fraction of sp³-hybridized carbons (Fsp3) is 0.692. The standard InChI is InChI=1S/C13H21N3OS2/c1-9-12(19-10(2)16-9)3-4-15-13(17)7-11-8-18-6-5-14-11/h11,14H,3-8H2,1-2H3,(H,15,17). The van der Waals surface area contributed by atoms with Gasteiger partial charge in [0.15, 0.2) is 0 Å². The molecule has 1 unspecified atom stereocenters. The smallest absolute Gasteiger partial charge is 0.221 e. The minimum Gasteiger partial charge on any atom is -0.356 e. The summed E-state index contributed by atoms with van der Waals surface area (Å²) in [4.78, 5) is 17.5. The Morgan fingerprint density at radius 1 is 1.53 bits per heavy atom. The third-order valence-electron chi connectivity index (χ3n) is 3.10.